The van der Waals surface area contributed by atoms with E-state index in [-0.39, 0.29) is 6.73 Å². The number of aryl methyl sites for hydroxylation is 1. The molecule has 0 spiro atoms. The number of hydrogen-bond acceptors (Lipinski definition) is 1. The number of aromatic nitrogens is 1. The molecule has 1 aromatic heterocycles. The lowest BCUT2D eigenvalue weighted by Gasteiger charge is -1.97. The summed E-state index contributed by atoms with van der Waals surface area (Å²) in [6, 6.07) is 8.07. The van der Waals surface area contributed by atoms with Crippen molar-refractivity contribution >= 4 is 10.9 Å². The van der Waals surface area contributed by atoms with Crippen LogP contribution >= 0.6 is 0 Å². The molecule has 0 fully saturated rings. The molecule has 0 bridgehead atoms. The van der Waals surface area contributed by atoms with Crippen molar-refractivity contribution < 1.29 is 5.11 Å². The second-order valence-corrected chi connectivity index (χ2v) is 2.94. The molecule has 0 atom stereocenters. The van der Waals surface area contributed by atoms with Crippen molar-refractivity contribution in [2.24, 2.45) is 0 Å². The van der Waals surface area contributed by atoms with Gasteiger partial charge < -0.3 is 9.67 Å². The van der Waals surface area contributed by atoms with Crippen LogP contribution in [0.25, 0.3) is 10.9 Å². The topological polar surface area (TPSA) is 25.2 Å². The van der Waals surface area contributed by atoms with Crippen LogP contribution in [0.3, 0.4) is 0 Å². The third kappa shape index (κ3) is 0.924. The molecule has 2 rings (SSSR count). The second-order valence-electron chi connectivity index (χ2n) is 2.94. The number of fused-ring (bicyclic) bond motifs is 1. The summed E-state index contributed by atoms with van der Waals surface area (Å²) in [7, 11) is 0. The maximum atomic E-state index is 9.01. The van der Waals surface area contributed by atoms with E-state index in [1.807, 2.05) is 29.0 Å². The Labute approximate surface area is 71.1 Å². The highest BCUT2D eigenvalue weighted by atomic mass is 16.3. The Morgan fingerprint density at radius 2 is 2.08 bits per heavy atom. The van der Waals surface area contributed by atoms with Crippen molar-refractivity contribution in [1.29, 1.82) is 0 Å². The molecule has 0 aliphatic rings. The Hall–Kier alpha value is -1.28. The summed E-state index contributed by atoms with van der Waals surface area (Å²) in [5, 5.41) is 10.2. The molecule has 0 unspecified atom stereocenters. The van der Waals surface area contributed by atoms with Gasteiger partial charge >= 0.3 is 0 Å². The Kier molecular flexibility index (Phi) is 1.62. The van der Waals surface area contributed by atoms with Crippen molar-refractivity contribution in [3.63, 3.8) is 0 Å². The molecule has 2 nitrogen and oxygen atoms in total. The van der Waals surface area contributed by atoms with Crippen LogP contribution in [0.4, 0.5) is 0 Å². The Morgan fingerprint density at radius 3 is 2.83 bits per heavy atom. The summed E-state index contributed by atoms with van der Waals surface area (Å²) in [6.45, 7) is 2.10. The molecule has 12 heavy (non-hydrogen) atoms. The van der Waals surface area contributed by atoms with E-state index in [1.165, 1.54) is 10.9 Å². The third-order valence-corrected chi connectivity index (χ3v) is 2.14. The predicted molar refractivity (Wildman–Crippen MR) is 48.9 cm³/mol. The maximum Gasteiger partial charge on any atom is 0.119 e. The molecule has 0 aliphatic carbocycles. The van der Waals surface area contributed by atoms with Gasteiger partial charge in [-0.15, -0.1) is 0 Å². The largest absolute Gasteiger partial charge is 0.376 e. The fourth-order valence-electron chi connectivity index (χ4n) is 1.55. The van der Waals surface area contributed by atoms with Crippen LogP contribution in [0.1, 0.15) is 5.56 Å². The highest BCUT2D eigenvalue weighted by molar-refractivity contribution is 5.83. The van der Waals surface area contributed by atoms with E-state index in [2.05, 4.69) is 13.0 Å². The van der Waals surface area contributed by atoms with Crippen molar-refractivity contribution in [1.82, 2.24) is 4.57 Å². The van der Waals surface area contributed by atoms with Gasteiger partial charge in [-0.25, -0.2) is 0 Å². The predicted octanol–water partition coefficient (Wildman–Crippen LogP) is 1.90. The van der Waals surface area contributed by atoms with Gasteiger partial charge in [0.25, 0.3) is 0 Å². The van der Waals surface area contributed by atoms with Gasteiger partial charge in [-0.3, -0.25) is 0 Å². The van der Waals surface area contributed by atoms with Crippen molar-refractivity contribution in [2.45, 2.75) is 13.7 Å². The van der Waals surface area contributed by atoms with Crippen molar-refractivity contribution in [3.8, 4) is 0 Å². The first kappa shape index (κ1) is 7.37. The lowest BCUT2D eigenvalue weighted by atomic mass is 10.2. The molecule has 2 aromatic rings. The Morgan fingerprint density at radius 1 is 1.33 bits per heavy atom. The Balaban J connectivity index is 2.82. The highest BCUT2D eigenvalue weighted by Crippen LogP contribution is 2.19. The van der Waals surface area contributed by atoms with Gasteiger partial charge in [0.15, 0.2) is 0 Å². The zero-order valence-corrected chi connectivity index (χ0v) is 6.99. The number of aliphatic hydroxyl groups is 1. The van der Waals surface area contributed by atoms with E-state index in [0.717, 1.165) is 5.52 Å². The monoisotopic (exact) mass is 161 g/mol. The van der Waals surface area contributed by atoms with Gasteiger partial charge in [0.1, 0.15) is 6.73 Å². The van der Waals surface area contributed by atoms with Crippen LogP contribution in [0.2, 0.25) is 0 Å². The molecule has 62 valence electrons. The zero-order valence-electron chi connectivity index (χ0n) is 6.99. The number of rotatable bonds is 1. The van der Waals surface area contributed by atoms with E-state index >= 15 is 0 Å². The average Bonchev–Trinajstić information content (AvgIpc) is 2.44. The minimum absolute atomic E-state index is 0.0500. The van der Waals surface area contributed by atoms with E-state index in [0.29, 0.717) is 0 Å². The summed E-state index contributed by atoms with van der Waals surface area (Å²) < 4.78 is 1.84. The fourth-order valence-corrected chi connectivity index (χ4v) is 1.55. The average molecular weight is 161 g/mol. The van der Waals surface area contributed by atoms with Crippen LogP contribution in [-0.4, -0.2) is 9.67 Å². The molecule has 0 saturated carbocycles. The SMILES string of the molecule is Cc1cn(CO)c2ccccc12. The molecular weight excluding hydrogens is 150 g/mol. The highest BCUT2D eigenvalue weighted by Gasteiger charge is 2.01. The van der Waals surface area contributed by atoms with E-state index in [9.17, 15) is 0 Å². The summed E-state index contributed by atoms with van der Waals surface area (Å²) in [5.41, 5.74) is 2.30. The first-order valence-corrected chi connectivity index (χ1v) is 3.98. The fraction of sp³-hybridized carbons (Fsp3) is 0.200. The smallest absolute Gasteiger partial charge is 0.119 e. The molecular formula is C10H11NO. The third-order valence-electron chi connectivity index (χ3n) is 2.14. The van der Waals surface area contributed by atoms with Crippen LogP contribution in [0, 0.1) is 6.92 Å². The molecule has 0 radical (unpaired) electrons. The molecule has 1 heterocycles. The van der Waals surface area contributed by atoms with Crippen molar-refractivity contribution in [2.75, 3.05) is 0 Å². The van der Waals surface area contributed by atoms with E-state index in [4.69, 9.17) is 5.11 Å². The van der Waals surface area contributed by atoms with Gasteiger partial charge in [0.05, 0.1) is 5.52 Å². The van der Waals surface area contributed by atoms with Gasteiger partial charge in [-0.1, -0.05) is 18.2 Å². The first-order valence-electron chi connectivity index (χ1n) is 3.98. The number of benzene rings is 1. The summed E-state index contributed by atoms with van der Waals surface area (Å²) in [5.74, 6) is 0. The van der Waals surface area contributed by atoms with E-state index in [1.54, 1.807) is 0 Å². The normalized spacial score (nSPS) is 10.8. The number of hydrogen-bond donors (Lipinski definition) is 1. The molecule has 1 N–H and O–H groups in total. The number of aliphatic hydroxyl groups excluding tert-OH is 1. The Bertz CT molecular complexity index is 403. The molecule has 0 aliphatic heterocycles. The second kappa shape index (κ2) is 2.64. The van der Waals surface area contributed by atoms with Crippen LogP contribution < -0.4 is 0 Å². The van der Waals surface area contributed by atoms with Crippen molar-refractivity contribution in [3.05, 3.63) is 36.0 Å². The van der Waals surface area contributed by atoms with Gasteiger partial charge in [0.2, 0.25) is 0 Å². The number of nitrogens with zero attached hydrogens (tertiary/aromatic N) is 1. The van der Waals surface area contributed by atoms with Gasteiger partial charge in [0, 0.05) is 11.6 Å². The summed E-state index contributed by atoms with van der Waals surface area (Å²) >= 11 is 0. The molecule has 1 aromatic carbocycles. The minimum atomic E-state index is 0.0500. The molecule has 2 heteroatoms. The quantitative estimate of drug-likeness (QED) is 0.679. The summed E-state index contributed by atoms with van der Waals surface area (Å²) in [6.07, 6.45) is 1.96. The number of para-hydroxylation sites is 1. The molecule has 0 amide bonds. The molecule has 0 saturated heterocycles. The van der Waals surface area contributed by atoms with Crippen LogP contribution in [0.5, 0.6) is 0 Å². The lowest BCUT2D eigenvalue weighted by molar-refractivity contribution is 0.215. The van der Waals surface area contributed by atoms with Crippen LogP contribution in [-0.2, 0) is 6.73 Å². The minimum Gasteiger partial charge on any atom is -0.376 e. The standard InChI is InChI=1S/C10H11NO/c1-8-6-11(7-12)10-5-3-2-4-9(8)10/h2-6,12H,7H2,1H3. The first-order chi connectivity index (χ1) is 5.83. The van der Waals surface area contributed by atoms with Gasteiger partial charge in [-0.2, -0.15) is 0 Å². The summed E-state index contributed by atoms with van der Waals surface area (Å²) in [4.78, 5) is 0. The zero-order chi connectivity index (χ0) is 8.55. The maximum absolute atomic E-state index is 9.01. The van der Waals surface area contributed by atoms with Crippen LogP contribution in [0.15, 0.2) is 30.5 Å². The van der Waals surface area contributed by atoms with Gasteiger partial charge in [-0.05, 0) is 18.6 Å². The lowest BCUT2D eigenvalue weighted by Crippen LogP contribution is -1.92. The van der Waals surface area contributed by atoms with E-state index < -0.39 is 0 Å².